The number of hydrogen-bond donors (Lipinski definition) is 0. The Hall–Kier alpha value is -2.80. The fourth-order valence-electron chi connectivity index (χ4n) is 2.34. The molecule has 0 saturated heterocycles. The van der Waals surface area contributed by atoms with E-state index in [2.05, 4.69) is 10.2 Å². The normalized spacial score (nSPS) is 10.6. The molecule has 0 fully saturated rings. The minimum atomic E-state index is -0.364. The van der Waals surface area contributed by atoms with Crippen molar-refractivity contribution in [1.82, 2.24) is 10.2 Å². The Kier molecular flexibility index (Phi) is 5.58. The van der Waals surface area contributed by atoms with E-state index in [1.807, 2.05) is 56.3 Å². The van der Waals surface area contributed by atoms with Gasteiger partial charge in [-0.2, -0.15) is 0 Å². The molecule has 134 valence electrons. The van der Waals surface area contributed by atoms with Gasteiger partial charge in [-0.3, -0.25) is 4.79 Å². The zero-order valence-corrected chi connectivity index (χ0v) is 15.5. The molecule has 0 aliphatic heterocycles. The van der Waals surface area contributed by atoms with Crippen molar-refractivity contribution in [1.29, 1.82) is 0 Å². The summed E-state index contributed by atoms with van der Waals surface area (Å²) in [5, 5.41) is 8.27. The molecule has 0 spiro atoms. The third-order valence-electron chi connectivity index (χ3n) is 3.68. The third-order valence-corrected chi connectivity index (χ3v) is 4.47. The molecule has 26 heavy (non-hydrogen) atoms. The van der Waals surface area contributed by atoms with Gasteiger partial charge in [0, 0.05) is 5.56 Å². The Balaban J connectivity index is 1.60. The number of nitrogens with zero attached hydrogens (tertiary/aromatic N) is 2. The third kappa shape index (κ3) is 4.23. The Bertz CT molecular complexity index is 886. The zero-order valence-electron chi connectivity index (χ0n) is 14.7. The quantitative estimate of drug-likeness (QED) is 0.368. The number of carbonyl (C=O) groups is 1. The first kappa shape index (κ1) is 18.0. The van der Waals surface area contributed by atoms with Crippen molar-refractivity contribution in [3.8, 4) is 23.0 Å². The summed E-state index contributed by atoms with van der Waals surface area (Å²) in [7, 11) is 1.61. The van der Waals surface area contributed by atoms with E-state index in [-0.39, 0.29) is 11.7 Å². The van der Waals surface area contributed by atoms with Gasteiger partial charge in [0.1, 0.15) is 17.3 Å². The maximum atomic E-state index is 12.1. The van der Waals surface area contributed by atoms with Crippen LogP contribution in [-0.4, -0.2) is 29.0 Å². The molecule has 0 unspecified atom stereocenters. The largest absolute Gasteiger partial charge is 0.497 e. The fraction of sp³-hybridized carbons (Fsp3) is 0.211. The highest BCUT2D eigenvalue weighted by Crippen LogP contribution is 2.26. The van der Waals surface area contributed by atoms with Crippen molar-refractivity contribution < 1.29 is 18.7 Å². The Morgan fingerprint density at radius 1 is 1.08 bits per heavy atom. The van der Waals surface area contributed by atoms with E-state index in [0.717, 1.165) is 34.2 Å². The van der Waals surface area contributed by atoms with Crippen LogP contribution in [0.4, 0.5) is 0 Å². The van der Waals surface area contributed by atoms with Gasteiger partial charge in [0.05, 0.1) is 7.11 Å². The highest BCUT2D eigenvalue weighted by molar-refractivity contribution is 7.99. The van der Waals surface area contributed by atoms with E-state index >= 15 is 0 Å². The Labute approximate surface area is 155 Å². The summed E-state index contributed by atoms with van der Waals surface area (Å²) < 4.78 is 16.2. The molecular weight excluding hydrogens is 352 g/mol. The summed E-state index contributed by atoms with van der Waals surface area (Å²) in [6.45, 7) is 3.81. The molecule has 2 aromatic carbocycles. The van der Waals surface area contributed by atoms with Gasteiger partial charge < -0.3 is 13.9 Å². The number of methoxy groups -OCH3 is 1. The van der Waals surface area contributed by atoms with Crippen LogP contribution in [0.5, 0.6) is 11.5 Å². The molecule has 0 aliphatic rings. The number of para-hydroxylation sites is 1. The van der Waals surface area contributed by atoms with Crippen LogP contribution in [-0.2, 0) is 4.79 Å². The zero-order chi connectivity index (χ0) is 18.5. The number of esters is 1. The standard InChI is InChI=1S/C19H18N2O4S/c1-12-5-4-6-13(2)17(12)24-16(22)11-26-19-21-20-18(25-19)14-7-9-15(23-3)10-8-14/h4-10H,11H2,1-3H3. The van der Waals surface area contributed by atoms with Gasteiger partial charge in [0.15, 0.2) is 0 Å². The van der Waals surface area contributed by atoms with E-state index in [0.29, 0.717) is 16.9 Å². The number of aromatic nitrogens is 2. The van der Waals surface area contributed by atoms with Gasteiger partial charge >= 0.3 is 5.97 Å². The number of hydrogen-bond acceptors (Lipinski definition) is 7. The second kappa shape index (κ2) is 8.05. The molecule has 1 heterocycles. The number of ether oxygens (including phenoxy) is 2. The van der Waals surface area contributed by atoms with Crippen LogP contribution >= 0.6 is 11.8 Å². The maximum Gasteiger partial charge on any atom is 0.321 e. The molecule has 0 amide bonds. The number of benzene rings is 2. The number of carbonyl (C=O) groups excluding carboxylic acids is 1. The molecule has 7 heteroatoms. The van der Waals surface area contributed by atoms with Crippen molar-refractivity contribution in [2.24, 2.45) is 0 Å². The minimum Gasteiger partial charge on any atom is -0.497 e. The van der Waals surface area contributed by atoms with Crippen molar-refractivity contribution >= 4 is 17.7 Å². The molecule has 3 rings (SSSR count). The van der Waals surface area contributed by atoms with Gasteiger partial charge in [-0.05, 0) is 49.2 Å². The van der Waals surface area contributed by atoms with E-state index in [9.17, 15) is 4.79 Å². The summed E-state index contributed by atoms with van der Waals surface area (Å²) in [5.74, 6) is 1.45. The van der Waals surface area contributed by atoms with E-state index in [1.54, 1.807) is 7.11 Å². The lowest BCUT2D eigenvalue weighted by molar-refractivity contribution is -0.131. The van der Waals surface area contributed by atoms with Gasteiger partial charge in [0.2, 0.25) is 5.89 Å². The molecule has 0 bridgehead atoms. The van der Waals surface area contributed by atoms with Crippen molar-refractivity contribution in [2.45, 2.75) is 19.1 Å². The molecule has 0 radical (unpaired) electrons. The molecule has 0 N–H and O–H groups in total. The second-order valence-electron chi connectivity index (χ2n) is 5.59. The summed E-state index contributed by atoms with van der Waals surface area (Å²) in [4.78, 5) is 12.1. The van der Waals surface area contributed by atoms with E-state index in [4.69, 9.17) is 13.9 Å². The lowest BCUT2D eigenvalue weighted by Crippen LogP contribution is -2.12. The highest BCUT2D eigenvalue weighted by Gasteiger charge is 2.14. The van der Waals surface area contributed by atoms with Gasteiger partial charge in [-0.1, -0.05) is 30.0 Å². The lowest BCUT2D eigenvalue weighted by Gasteiger charge is -2.09. The van der Waals surface area contributed by atoms with Gasteiger partial charge in [0.25, 0.3) is 5.22 Å². The molecule has 1 aromatic heterocycles. The monoisotopic (exact) mass is 370 g/mol. The molecule has 0 saturated carbocycles. The van der Waals surface area contributed by atoms with E-state index in [1.165, 1.54) is 0 Å². The fourth-order valence-corrected chi connectivity index (χ4v) is 2.88. The first-order valence-electron chi connectivity index (χ1n) is 7.94. The first-order valence-corrected chi connectivity index (χ1v) is 8.93. The predicted molar refractivity (Wildman–Crippen MR) is 98.6 cm³/mol. The molecule has 3 aromatic rings. The predicted octanol–water partition coefficient (Wildman–Crippen LogP) is 4.06. The minimum absolute atomic E-state index is 0.0814. The Morgan fingerprint density at radius 2 is 1.77 bits per heavy atom. The summed E-state index contributed by atoms with van der Waals surface area (Å²) in [6, 6.07) is 13.0. The van der Waals surface area contributed by atoms with Crippen molar-refractivity contribution in [2.75, 3.05) is 12.9 Å². The van der Waals surface area contributed by atoms with E-state index < -0.39 is 0 Å². The average Bonchev–Trinajstić information content (AvgIpc) is 3.12. The summed E-state index contributed by atoms with van der Waals surface area (Å²) in [5.41, 5.74) is 2.62. The van der Waals surface area contributed by atoms with Crippen LogP contribution in [0, 0.1) is 13.8 Å². The first-order chi connectivity index (χ1) is 12.6. The number of aryl methyl sites for hydroxylation is 2. The van der Waals surface area contributed by atoms with Crippen LogP contribution in [0.25, 0.3) is 11.5 Å². The summed E-state index contributed by atoms with van der Waals surface area (Å²) >= 11 is 1.14. The maximum absolute atomic E-state index is 12.1. The Morgan fingerprint density at radius 3 is 2.42 bits per heavy atom. The van der Waals surface area contributed by atoms with Crippen LogP contribution in [0.15, 0.2) is 52.1 Å². The molecular formula is C19H18N2O4S. The second-order valence-corrected chi connectivity index (χ2v) is 6.51. The topological polar surface area (TPSA) is 74.5 Å². The molecule has 0 atom stereocenters. The summed E-state index contributed by atoms with van der Waals surface area (Å²) in [6.07, 6.45) is 0. The van der Waals surface area contributed by atoms with Gasteiger partial charge in [-0.15, -0.1) is 10.2 Å². The average molecular weight is 370 g/mol. The van der Waals surface area contributed by atoms with Crippen LogP contribution < -0.4 is 9.47 Å². The smallest absolute Gasteiger partial charge is 0.321 e. The van der Waals surface area contributed by atoms with Crippen LogP contribution in [0.1, 0.15) is 11.1 Å². The SMILES string of the molecule is COc1ccc(-c2nnc(SCC(=O)Oc3c(C)cccc3C)o2)cc1. The highest BCUT2D eigenvalue weighted by atomic mass is 32.2. The van der Waals surface area contributed by atoms with Gasteiger partial charge in [-0.25, -0.2) is 0 Å². The lowest BCUT2D eigenvalue weighted by atomic mass is 10.1. The van der Waals surface area contributed by atoms with Crippen molar-refractivity contribution in [3.63, 3.8) is 0 Å². The molecule has 0 aliphatic carbocycles. The van der Waals surface area contributed by atoms with Crippen LogP contribution in [0.3, 0.4) is 0 Å². The number of rotatable bonds is 6. The number of thioether (sulfide) groups is 1. The van der Waals surface area contributed by atoms with Crippen LogP contribution in [0.2, 0.25) is 0 Å². The van der Waals surface area contributed by atoms with Crippen molar-refractivity contribution in [3.05, 3.63) is 53.6 Å². The molecule has 6 nitrogen and oxygen atoms in total.